The van der Waals surface area contributed by atoms with E-state index in [2.05, 4.69) is 70.8 Å². The maximum atomic E-state index is 10.9. The monoisotopic (exact) mass is 265 g/mol. The van der Waals surface area contributed by atoms with Gasteiger partial charge in [0, 0.05) is 12.0 Å². The Morgan fingerprint density at radius 3 is 2.50 bits per heavy atom. The third kappa shape index (κ3) is 3.77. The fourth-order valence-electron chi connectivity index (χ4n) is 2.12. The molecular formula is C15H23NOS. The van der Waals surface area contributed by atoms with E-state index in [4.69, 9.17) is 0 Å². The Morgan fingerprint density at radius 2 is 2.00 bits per heavy atom. The number of carbonyl (C=O) groups excluding carboxylic acids is 1. The van der Waals surface area contributed by atoms with Crippen LogP contribution in [0.4, 0.5) is 4.79 Å². The molecule has 18 heavy (non-hydrogen) atoms. The number of carbonyl (C=O) groups is 1. The molecule has 1 rings (SSSR count). The first-order valence-electron chi connectivity index (χ1n) is 6.32. The smallest absolute Gasteiger partial charge is 0.276 e. The second-order valence-corrected chi connectivity index (χ2v) is 6.18. The average molecular weight is 265 g/mol. The SMILES string of the molecule is Cc1ccc(C(C)C)cc1C(C)(C)CNC(=O)S. The van der Waals surface area contributed by atoms with Crippen LogP contribution in [0.2, 0.25) is 0 Å². The molecule has 1 N–H and O–H groups in total. The first kappa shape index (κ1) is 15.1. The van der Waals surface area contributed by atoms with Crippen LogP contribution in [0.5, 0.6) is 0 Å². The zero-order valence-electron chi connectivity index (χ0n) is 11.9. The molecule has 0 saturated heterocycles. The van der Waals surface area contributed by atoms with Crippen molar-refractivity contribution in [3.05, 3.63) is 34.9 Å². The van der Waals surface area contributed by atoms with Crippen LogP contribution < -0.4 is 5.32 Å². The van der Waals surface area contributed by atoms with E-state index in [0.717, 1.165) is 0 Å². The number of hydrogen-bond acceptors (Lipinski definition) is 1. The van der Waals surface area contributed by atoms with Gasteiger partial charge in [0.25, 0.3) is 5.24 Å². The molecule has 0 spiro atoms. The standard InChI is InChI=1S/C15H23NOS/c1-10(2)12-7-6-11(3)13(8-12)15(4,5)9-16-14(17)18/h6-8,10H,9H2,1-5H3,(H2,16,17,18). The van der Waals surface area contributed by atoms with Crippen molar-refractivity contribution >= 4 is 17.9 Å². The Morgan fingerprint density at radius 1 is 1.39 bits per heavy atom. The summed E-state index contributed by atoms with van der Waals surface area (Å²) in [5.74, 6) is 0.514. The van der Waals surface area contributed by atoms with Gasteiger partial charge in [-0.25, -0.2) is 0 Å². The minimum absolute atomic E-state index is 0.0899. The molecular weight excluding hydrogens is 242 g/mol. The van der Waals surface area contributed by atoms with Crippen LogP contribution in [0.25, 0.3) is 0 Å². The van der Waals surface area contributed by atoms with E-state index in [-0.39, 0.29) is 10.7 Å². The van der Waals surface area contributed by atoms with Crippen LogP contribution in [0.3, 0.4) is 0 Å². The van der Waals surface area contributed by atoms with E-state index in [1.54, 1.807) is 0 Å². The Kier molecular flexibility index (Phi) is 4.85. The summed E-state index contributed by atoms with van der Waals surface area (Å²) in [4.78, 5) is 10.9. The Bertz CT molecular complexity index is 438. The Labute approximate surface area is 116 Å². The molecule has 1 aromatic carbocycles. The Balaban J connectivity index is 3.05. The van der Waals surface area contributed by atoms with Gasteiger partial charge >= 0.3 is 0 Å². The number of amides is 1. The third-order valence-corrected chi connectivity index (χ3v) is 3.50. The maximum absolute atomic E-state index is 10.9. The number of thiol groups is 1. The highest BCUT2D eigenvalue weighted by Gasteiger charge is 2.23. The minimum atomic E-state index is -0.277. The first-order valence-corrected chi connectivity index (χ1v) is 6.76. The van der Waals surface area contributed by atoms with Crippen LogP contribution in [-0.2, 0) is 5.41 Å². The van der Waals surface area contributed by atoms with Gasteiger partial charge in [-0.15, -0.1) is 0 Å². The van der Waals surface area contributed by atoms with E-state index in [9.17, 15) is 4.79 Å². The summed E-state index contributed by atoms with van der Waals surface area (Å²) in [5.41, 5.74) is 3.79. The number of benzene rings is 1. The van der Waals surface area contributed by atoms with E-state index in [0.29, 0.717) is 12.5 Å². The van der Waals surface area contributed by atoms with Crippen molar-refractivity contribution in [1.29, 1.82) is 0 Å². The van der Waals surface area contributed by atoms with E-state index < -0.39 is 0 Å². The van der Waals surface area contributed by atoms with E-state index >= 15 is 0 Å². The van der Waals surface area contributed by atoms with Crippen LogP contribution in [0.1, 0.15) is 50.3 Å². The summed E-state index contributed by atoms with van der Waals surface area (Å²) < 4.78 is 0. The highest BCUT2D eigenvalue weighted by Crippen LogP contribution is 2.29. The zero-order chi connectivity index (χ0) is 13.9. The fraction of sp³-hybridized carbons (Fsp3) is 0.533. The van der Waals surface area contributed by atoms with Gasteiger partial charge < -0.3 is 5.32 Å². The molecule has 0 aliphatic carbocycles. The van der Waals surface area contributed by atoms with Gasteiger partial charge in [0.15, 0.2) is 0 Å². The van der Waals surface area contributed by atoms with Crippen LogP contribution >= 0.6 is 12.6 Å². The minimum Gasteiger partial charge on any atom is -0.346 e. The molecule has 0 radical (unpaired) electrons. The molecule has 0 atom stereocenters. The molecule has 0 bridgehead atoms. The second kappa shape index (κ2) is 5.79. The highest BCUT2D eigenvalue weighted by molar-refractivity contribution is 7.96. The molecule has 0 heterocycles. The first-order chi connectivity index (χ1) is 8.24. The van der Waals surface area contributed by atoms with Gasteiger partial charge in [-0.1, -0.05) is 58.5 Å². The van der Waals surface area contributed by atoms with Crippen LogP contribution in [-0.4, -0.2) is 11.8 Å². The maximum Gasteiger partial charge on any atom is 0.276 e. The number of aryl methyl sites for hydroxylation is 1. The van der Waals surface area contributed by atoms with Crippen LogP contribution in [0.15, 0.2) is 18.2 Å². The molecule has 0 saturated carbocycles. The molecule has 0 unspecified atom stereocenters. The highest BCUT2D eigenvalue weighted by atomic mass is 32.1. The normalized spacial score (nSPS) is 11.7. The van der Waals surface area contributed by atoms with Gasteiger partial charge in [0.2, 0.25) is 0 Å². The van der Waals surface area contributed by atoms with Gasteiger partial charge in [0.05, 0.1) is 0 Å². The summed E-state index contributed by atoms with van der Waals surface area (Å²) in [5, 5.41) is 2.51. The topological polar surface area (TPSA) is 29.1 Å². The molecule has 100 valence electrons. The van der Waals surface area contributed by atoms with Crippen molar-refractivity contribution in [3.8, 4) is 0 Å². The molecule has 0 fully saturated rings. The van der Waals surface area contributed by atoms with E-state index in [1.165, 1.54) is 16.7 Å². The van der Waals surface area contributed by atoms with Gasteiger partial charge in [-0.05, 0) is 29.5 Å². The van der Waals surface area contributed by atoms with Crippen molar-refractivity contribution < 1.29 is 4.79 Å². The molecule has 0 aromatic heterocycles. The summed E-state index contributed by atoms with van der Waals surface area (Å²) >= 11 is 3.75. The van der Waals surface area contributed by atoms with Gasteiger partial charge in [-0.2, -0.15) is 0 Å². The molecule has 3 heteroatoms. The summed E-state index contributed by atoms with van der Waals surface area (Å²) in [6.07, 6.45) is 0. The molecule has 1 amide bonds. The lowest BCUT2D eigenvalue weighted by atomic mass is 9.80. The number of hydrogen-bond donors (Lipinski definition) is 2. The summed E-state index contributed by atoms with van der Waals surface area (Å²) in [6, 6.07) is 6.59. The number of nitrogens with one attached hydrogen (secondary N) is 1. The van der Waals surface area contributed by atoms with Crippen molar-refractivity contribution in [3.63, 3.8) is 0 Å². The summed E-state index contributed by atoms with van der Waals surface area (Å²) in [7, 11) is 0. The quantitative estimate of drug-likeness (QED) is 0.791. The zero-order valence-corrected chi connectivity index (χ0v) is 12.8. The van der Waals surface area contributed by atoms with Crippen LogP contribution in [0, 0.1) is 6.92 Å². The predicted octanol–water partition coefficient (Wildman–Crippen LogP) is 4.04. The predicted molar refractivity (Wildman–Crippen MR) is 80.7 cm³/mol. The molecule has 2 nitrogen and oxygen atoms in total. The van der Waals surface area contributed by atoms with Crippen molar-refractivity contribution in [2.24, 2.45) is 0 Å². The lowest BCUT2D eigenvalue weighted by Crippen LogP contribution is -2.34. The second-order valence-electron chi connectivity index (χ2n) is 5.77. The van der Waals surface area contributed by atoms with Crippen molar-refractivity contribution in [2.45, 2.75) is 46.0 Å². The molecule has 0 aliphatic rings. The fourth-order valence-corrected chi connectivity index (χ4v) is 2.20. The van der Waals surface area contributed by atoms with Crippen molar-refractivity contribution in [2.75, 3.05) is 6.54 Å². The Hall–Kier alpha value is -0.960. The molecule has 0 aliphatic heterocycles. The van der Waals surface area contributed by atoms with Gasteiger partial charge in [0.1, 0.15) is 0 Å². The lowest BCUT2D eigenvalue weighted by Gasteiger charge is -2.28. The van der Waals surface area contributed by atoms with E-state index in [1.807, 2.05) is 0 Å². The third-order valence-electron chi connectivity index (χ3n) is 3.34. The number of rotatable bonds is 4. The van der Waals surface area contributed by atoms with Gasteiger partial charge in [-0.3, -0.25) is 4.79 Å². The largest absolute Gasteiger partial charge is 0.346 e. The lowest BCUT2D eigenvalue weighted by molar-refractivity contribution is 0.258. The summed E-state index contributed by atoms with van der Waals surface area (Å²) in [6.45, 7) is 11.4. The van der Waals surface area contributed by atoms with Crippen molar-refractivity contribution in [1.82, 2.24) is 5.32 Å². The average Bonchev–Trinajstić information content (AvgIpc) is 2.26. The molecule has 1 aromatic rings.